The molecule has 22 heavy (non-hydrogen) atoms. The molecule has 1 heterocycles. The second-order valence-corrected chi connectivity index (χ2v) is 7.80. The van der Waals surface area contributed by atoms with Gasteiger partial charge in [0.25, 0.3) is 0 Å². The standard InChI is InChI=1S/C15H31N3O3Si/c1-6-13(15-17-11-12-18(15)14(16)7-2)22(19-8-3,20-9-4)21-10-5/h11-14H,6-10,16H2,1-5H3. The van der Waals surface area contributed by atoms with E-state index < -0.39 is 8.80 Å². The van der Waals surface area contributed by atoms with Crippen molar-refractivity contribution in [3.8, 4) is 0 Å². The molecule has 2 N–H and O–H groups in total. The van der Waals surface area contributed by atoms with Gasteiger partial charge in [0.05, 0.1) is 11.7 Å². The molecule has 0 aliphatic heterocycles. The highest BCUT2D eigenvalue weighted by atomic mass is 28.4. The number of imidazole rings is 1. The Balaban J connectivity index is 3.26. The van der Waals surface area contributed by atoms with Gasteiger partial charge in [-0.2, -0.15) is 0 Å². The zero-order valence-corrected chi connectivity index (χ0v) is 15.5. The molecule has 0 radical (unpaired) electrons. The summed E-state index contributed by atoms with van der Waals surface area (Å²) in [7, 11) is -2.86. The van der Waals surface area contributed by atoms with E-state index in [0.29, 0.717) is 19.8 Å². The van der Waals surface area contributed by atoms with Gasteiger partial charge in [0.2, 0.25) is 0 Å². The maximum atomic E-state index is 6.21. The predicted octanol–water partition coefficient (Wildman–Crippen LogP) is 2.83. The van der Waals surface area contributed by atoms with Crippen LogP contribution in [0.4, 0.5) is 0 Å². The van der Waals surface area contributed by atoms with E-state index in [2.05, 4.69) is 18.8 Å². The van der Waals surface area contributed by atoms with Crippen LogP contribution < -0.4 is 5.73 Å². The van der Waals surface area contributed by atoms with Crippen LogP contribution in [0.25, 0.3) is 0 Å². The van der Waals surface area contributed by atoms with Crippen LogP contribution in [0.3, 0.4) is 0 Å². The average Bonchev–Trinajstić information content (AvgIpc) is 2.97. The Labute approximate surface area is 135 Å². The van der Waals surface area contributed by atoms with E-state index in [-0.39, 0.29) is 11.7 Å². The monoisotopic (exact) mass is 329 g/mol. The largest absolute Gasteiger partial charge is 0.512 e. The van der Waals surface area contributed by atoms with Crippen molar-refractivity contribution in [3.05, 3.63) is 18.2 Å². The topological polar surface area (TPSA) is 71.5 Å². The van der Waals surface area contributed by atoms with Crippen molar-refractivity contribution in [2.24, 2.45) is 5.73 Å². The van der Waals surface area contributed by atoms with E-state index in [4.69, 9.17) is 19.0 Å². The molecule has 1 aromatic heterocycles. The maximum absolute atomic E-state index is 6.21. The van der Waals surface area contributed by atoms with Gasteiger partial charge in [-0.3, -0.25) is 0 Å². The highest BCUT2D eigenvalue weighted by molar-refractivity contribution is 6.62. The molecular weight excluding hydrogens is 298 g/mol. The summed E-state index contributed by atoms with van der Waals surface area (Å²) in [5.74, 6) is 0.902. The summed E-state index contributed by atoms with van der Waals surface area (Å²) in [6.07, 6.45) is 5.29. The quantitative estimate of drug-likeness (QED) is 0.632. The number of hydrogen-bond donors (Lipinski definition) is 1. The maximum Gasteiger partial charge on any atom is 0.512 e. The molecule has 0 spiro atoms. The number of nitrogens with two attached hydrogens (primary N) is 1. The summed E-state index contributed by atoms with van der Waals surface area (Å²) < 4.78 is 20.2. The molecule has 128 valence electrons. The molecule has 2 unspecified atom stereocenters. The third kappa shape index (κ3) is 4.17. The van der Waals surface area contributed by atoms with Gasteiger partial charge in [0, 0.05) is 32.2 Å². The van der Waals surface area contributed by atoms with Gasteiger partial charge in [-0.05, 0) is 33.6 Å². The van der Waals surface area contributed by atoms with Gasteiger partial charge >= 0.3 is 8.80 Å². The van der Waals surface area contributed by atoms with Gasteiger partial charge in [-0.25, -0.2) is 4.98 Å². The highest BCUT2D eigenvalue weighted by Crippen LogP contribution is 2.33. The van der Waals surface area contributed by atoms with Crippen molar-refractivity contribution in [3.63, 3.8) is 0 Å². The summed E-state index contributed by atoms with van der Waals surface area (Å²) >= 11 is 0. The number of nitrogens with zero attached hydrogens (tertiary/aromatic N) is 2. The van der Waals surface area contributed by atoms with E-state index in [0.717, 1.165) is 18.7 Å². The third-order valence-corrected chi connectivity index (χ3v) is 7.25. The number of aromatic nitrogens is 2. The lowest BCUT2D eigenvalue weighted by Crippen LogP contribution is -2.52. The van der Waals surface area contributed by atoms with E-state index >= 15 is 0 Å². The minimum atomic E-state index is -2.86. The van der Waals surface area contributed by atoms with Gasteiger partial charge in [0.15, 0.2) is 0 Å². The van der Waals surface area contributed by atoms with Gasteiger partial charge in [-0.15, -0.1) is 0 Å². The Morgan fingerprint density at radius 3 is 2.00 bits per heavy atom. The van der Waals surface area contributed by atoms with Gasteiger partial charge in [0.1, 0.15) is 5.82 Å². The van der Waals surface area contributed by atoms with Crippen LogP contribution >= 0.6 is 0 Å². The van der Waals surface area contributed by atoms with Gasteiger partial charge < -0.3 is 23.6 Å². The molecule has 0 saturated heterocycles. The molecule has 0 aliphatic carbocycles. The average molecular weight is 330 g/mol. The summed E-state index contributed by atoms with van der Waals surface area (Å²) in [6, 6.07) is 0. The van der Waals surface area contributed by atoms with Crippen LogP contribution in [0.15, 0.2) is 12.4 Å². The summed E-state index contributed by atoms with van der Waals surface area (Å²) in [5, 5.41) is 0. The summed E-state index contributed by atoms with van der Waals surface area (Å²) in [6.45, 7) is 11.8. The first-order chi connectivity index (χ1) is 10.6. The lowest BCUT2D eigenvalue weighted by molar-refractivity contribution is 0.0597. The van der Waals surface area contributed by atoms with E-state index in [1.165, 1.54) is 0 Å². The molecule has 1 rings (SSSR count). The fourth-order valence-corrected chi connectivity index (χ4v) is 5.79. The molecule has 0 fully saturated rings. The lowest BCUT2D eigenvalue weighted by atomic mass is 10.3. The highest BCUT2D eigenvalue weighted by Gasteiger charge is 2.51. The van der Waals surface area contributed by atoms with Crippen LogP contribution in [0.1, 0.15) is 65.0 Å². The molecule has 0 aliphatic rings. The van der Waals surface area contributed by atoms with E-state index in [1.54, 1.807) is 6.20 Å². The van der Waals surface area contributed by atoms with Crippen LogP contribution in [0.5, 0.6) is 0 Å². The van der Waals surface area contributed by atoms with Crippen LogP contribution in [-0.2, 0) is 13.3 Å². The third-order valence-electron chi connectivity index (χ3n) is 3.66. The van der Waals surface area contributed by atoms with Crippen molar-refractivity contribution >= 4 is 8.80 Å². The minimum Gasteiger partial charge on any atom is -0.373 e. The summed E-state index contributed by atoms with van der Waals surface area (Å²) in [4.78, 5) is 4.55. The normalized spacial score (nSPS) is 15.0. The Bertz CT molecular complexity index is 411. The Kier molecular flexibility index (Phi) is 8.27. The Morgan fingerprint density at radius 2 is 1.59 bits per heavy atom. The lowest BCUT2D eigenvalue weighted by Gasteiger charge is -2.35. The molecule has 7 heteroatoms. The molecule has 0 saturated carbocycles. The molecule has 2 atom stereocenters. The molecule has 0 aromatic carbocycles. The first kappa shape index (κ1) is 19.3. The SMILES string of the molecule is CCO[Si](OCC)(OCC)C(CC)c1nccn1C(N)CC. The zero-order valence-electron chi connectivity index (χ0n) is 14.5. The minimum absolute atomic E-state index is 0.0139. The summed E-state index contributed by atoms with van der Waals surface area (Å²) in [5.41, 5.74) is 6.20. The van der Waals surface area contributed by atoms with Gasteiger partial charge in [-0.1, -0.05) is 13.8 Å². The molecule has 1 aromatic rings. The predicted molar refractivity (Wildman–Crippen MR) is 89.4 cm³/mol. The van der Waals surface area contributed by atoms with Crippen LogP contribution in [0, 0.1) is 0 Å². The Morgan fingerprint density at radius 1 is 1.05 bits per heavy atom. The fourth-order valence-electron chi connectivity index (χ4n) is 2.69. The van der Waals surface area contributed by atoms with Crippen LogP contribution in [0.2, 0.25) is 0 Å². The van der Waals surface area contributed by atoms with Crippen molar-refractivity contribution in [1.82, 2.24) is 9.55 Å². The van der Waals surface area contributed by atoms with Crippen molar-refractivity contribution < 1.29 is 13.3 Å². The van der Waals surface area contributed by atoms with E-state index in [1.807, 2.05) is 31.5 Å². The second kappa shape index (κ2) is 9.42. The first-order valence-corrected chi connectivity index (χ1v) is 10.1. The number of rotatable bonds is 11. The first-order valence-electron chi connectivity index (χ1n) is 8.30. The van der Waals surface area contributed by atoms with Crippen LogP contribution in [-0.4, -0.2) is 38.2 Å². The molecule has 6 nitrogen and oxygen atoms in total. The van der Waals surface area contributed by atoms with Crippen molar-refractivity contribution in [2.45, 2.75) is 59.2 Å². The smallest absolute Gasteiger partial charge is 0.373 e. The zero-order chi connectivity index (χ0) is 16.6. The Hall–Kier alpha value is -0.733. The molecule has 0 amide bonds. The molecular formula is C15H31N3O3Si. The fraction of sp³-hybridized carbons (Fsp3) is 0.800. The second-order valence-electron chi connectivity index (χ2n) is 5.03. The molecule has 0 bridgehead atoms. The number of hydrogen-bond acceptors (Lipinski definition) is 5. The van der Waals surface area contributed by atoms with Crippen molar-refractivity contribution in [2.75, 3.05) is 19.8 Å². The van der Waals surface area contributed by atoms with E-state index in [9.17, 15) is 0 Å². The van der Waals surface area contributed by atoms with Crippen molar-refractivity contribution in [1.29, 1.82) is 0 Å².